The third-order valence-electron chi connectivity index (χ3n) is 0.756. The van der Waals surface area contributed by atoms with Crippen molar-refractivity contribution in [1.82, 2.24) is 0 Å². The molecule has 0 atom stereocenters. The van der Waals surface area contributed by atoms with Gasteiger partial charge in [-0.3, -0.25) is 0 Å². The van der Waals surface area contributed by atoms with Crippen LogP contribution in [0.15, 0.2) is 30.3 Å². The summed E-state index contributed by atoms with van der Waals surface area (Å²) in [5.41, 5.74) is 0. The molecule has 0 unspecified atom stereocenters. The van der Waals surface area contributed by atoms with Gasteiger partial charge in [0, 0.05) is 0 Å². The average molecular weight is 140 g/mol. The van der Waals surface area contributed by atoms with Crippen LogP contribution in [0.5, 0.6) is 5.75 Å². The van der Waals surface area contributed by atoms with E-state index in [9.17, 15) is 0 Å². The zero-order valence-corrected chi connectivity index (χ0v) is 5.36. The summed E-state index contributed by atoms with van der Waals surface area (Å²) in [7, 11) is 0. The van der Waals surface area contributed by atoms with E-state index in [2.05, 4.69) is 11.4 Å². The molecule has 0 heterocycles. The quantitative estimate of drug-likeness (QED) is 0.314. The summed E-state index contributed by atoms with van der Waals surface area (Å²) in [6.45, 7) is 2.43. The van der Waals surface area contributed by atoms with Gasteiger partial charge < -0.3 is 10.4 Å². The monoisotopic (exact) mass is 140 g/mol. The molecule has 10 heavy (non-hydrogen) atoms. The predicted octanol–water partition coefficient (Wildman–Crippen LogP) is 0.0183. The first-order chi connectivity index (χ1) is 4.81. The molecule has 3 heteroatoms. The van der Waals surface area contributed by atoms with Crippen LogP contribution in [0.4, 0.5) is 0 Å². The van der Waals surface area contributed by atoms with Crippen LogP contribution in [-0.4, -0.2) is 11.9 Å². The van der Waals surface area contributed by atoms with Gasteiger partial charge in [0.25, 0.3) is 0 Å². The van der Waals surface area contributed by atoms with E-state index in [4.69, 9.17) is 10.4 Å². The number of hydrogen-bond acceptors (Lipinski definition) is 2. The van der Waals surface area contributed by atoms with Crippen LogP contribution in [0.25, 0.3) is 0 Å². The van der Waals surface area contributed by atoms with Crippen molar-refractivity contribution in [2.75, 3.05) is 0 Å². The zero-order valence-electron chi connectivity index (χ0n) is 5.36. The van der Waals surface area contributed by atoms with Crippen molar-refractivity contribution in [3.63, 3.8) is 0 Å². The maximum absolute atomic E-state index is 8.63. The third-order valence-corrected chi connectivity index (χ3v) is 0.756. The largest absolute Gasteiger partial charge is 0.508 e. The van der Waals surface area contributed by atoms with Crippen LogP contribution in [0, 0.1) is 0 Å². The Hall–Kier alpha value is -1.51. The molecule has 0 saturated carbocycles. The third kappa shape index (κ3) is 4.64. The van der Waals surface area contributed by atoms with Crippen molar-refractivity contribution < 1.29 is 14.9 Å². The molecule has 0 bridgehead atoms. The van der Waals surface area contributed by atoms with Gasteiger partial charge in [-0.15, -0.1) is 0 Å². The fourth-order valence-corrected chi connectivity index (χ4v) is 0.428. The molecule has 1 aromatic carbocycles. The van der Waals surface area contributed by atoms with E-state index in [0.717, 1.165) is 0 Å². The van der Waals surface area contributed by atoms with Crippen molar-refractivity contribution >= 4 is 6.79 Å². The summed E-state index contributed by atoms with van der Waals surface area (Å²) in [6.07, 6.45) is 0. The summed E-state index contributed by atoms with van der Waals surface area (Å²) < 4.78 is 2.75. The number of phenolic OH excluding ortho intramolecular Hbond substituents is 1. The van der Waals surface area contributed by atoms with Gasteiger partial charge in [0.15, 0.2) is 0 Å². The zero-order chi connectivity index (χ0) is 7.82. The molecule has 0 saturated heterocycles. The van der Waals surface area contributed by atoms with Crippen LogP contribution in [-0.2, 0) is 4.58 Å². The second kappa shape index (κ2) is 5.62. The maximum Gasteiger partial charge on any atom is 0.307 e. The summed E-state index contributed by atoms with van der Waals surface area (Å²) in [5.74, 6) is 0.322. The number of aromatic hydroxyl groups is 1. The SMILES string of the molecule is C=[O+][O-].Oc1ccccc1. The molecule has 0 radical (unpaired) electrons. The summed E-state index contributed by atoms with van der Waals surface area (Å²) in [6, 6.07) is 8.71. The molecule has 1 rings (SSSR count). The van der Waals surface area contributed by atoms with Crippen LogP contribution < -0.4 is 5.26 Å². The molecular formula is C7H8O3. The molecule has 1 N–H and O–H groups in total. The Balaban J connectivity index is 0.000000236. The maximum atomic E-state index is 8.63. The van der Waals surface area contributed by atoms with Crippen molar-refractivity contribution in [1.29, 1.82) is 0 Å². The van der Waals surface area contributed by atoms with Gasteiger partial charge in [-0.2, -0.15) is 4.58 Å². The minimum absolute atomic E-state index is 0.322. The standard InChI is InChI=1S/C6H6O.CH2O2/c7-6-4-2-1-3-5-6;1-3-2/h1-5,7H;1H2. The molecule has 0 aromatic heterocycles. The number of para-hydroxylation sites is 1. The van der Waals surface area contributed by atoms with E-state index < -0.39 is 0 Å². The molecule has 0 aliphatic heterocycles. The van der Waals surface area contributed by atoms with Gasteiger partial charge >= 0.3 is 6.79 Å². The summed E-state index contributed by atoms with van der Waals surface area (Å²) in [4.78, 5) is 0. The van der Waals surface area contributed by atoms with Crippen LogP contribution in [0.1, 0.15) is 0 Å². The highest BCUT2D eigenvalue weighted by molar-refractivity contribution is 5.18. The van der Waals surface area contributed by atoms with Crippen molar-refractivity contribution in [2.45, 2.75) is 0 Å². The van der Waals surface area contributed by atoms with Crippen molar-refractivity contribution in [2.24, 2.45) is 0 Å². The Kier molecular flexibility index (Phi) is 4.77. The summed E-state index contributed by atoms with van der Waals surface area (Å²) in [5, 5.41) is 17.0. The van der Waals surface area contributed by atoms with E-state index in [1.807, 2.05) is 6.07 Å². The van der Waals surface area contributed by atoms with E-state index >= 15 is 0 Å². The van der Waals surface area contributed by atoms with Gasteiger partial charge in [0.05, 0.1) is 0 Å². The molecule has 0 fully saturated rings. The Morgan fingerprint density at radius 3 is 1.90 bits per heavy atom. The number of carbonyl (C=O) groups excluding carboxylic acids is 1. The number of hydrogen-bond donors (Lipinski definition) is 1. The minimum Gasteiger partial charge on any atom is -0.508 e. The van der Waals surface area contributed by atoms with Gasteiger partial charge in [0.2, 0.25) is 0 Å². The van der Waals surface area contributed by atoms with Crippen LogP contribution in [0.2, 0.25) is 0 Å². The molecule has 0 aliphatic carbocycles. The van der Waals surface area contributed by atoms with Gasteiger partial charge in [0.1, 0.15) is 5.75 Å². The first kappa shape index (κ1) is 8.49. The van der Waals surface area contributed by atoms with E-state index in [1.165, 1.54) is 0 Å². The number of phenols is 1. The minimum atomic E-state index is 0.322. The Labute approximate surface area is 58.8 Å². The predicted molar refractivity (Wildman–Crippen MR) is 35.2 cm³/mol. The highest BCUT2D eigenvalue weighted by Gasteiger charge is 1.74. The van der Waals surface area contributed by atoms with E-state index in [0.29, 0.717) is 5.75 Å². The molecule has 1 aromatic rings. The lowest BCUT2D eigenvalue weighted by Crippen LogP contribution is -1.89. The van der Waals surface area contributed by atoms with Gasteiger partial charge in [-0.25, -0.2) is 0 Å². The van der Waals surface area contributed by atoms with Crippen molar-refractivity contribution in [3.8, 4) is 5.75 Å². The molecule has 0 spiro atoms. The Bertz CT molecular complexity index is 171. The number of benzene rings is 1. The number of rotatable bonds is 0. The highest BCUT2D eigenvalue weighted by Crippen LogP contribution is 2.02. The Morgan fingerprint density at radius 2 is 1.70 bits per heavy atom. The molecular weight excluding hydrogens is 132 g/mol. The highest BCUT2D eigenvalue weighted by atomic mass is 17.0. The lowest BCUT2D eigenvalue weighted by atomic mass is 10.3. The first-order valence-electron chi connectivity index (χ1n) is 2.59. The van der Waals surface area contributed by atoms with E-state index in [-0.39, 0.29) is 0 Å². The molecule has 3 nitrogen and oxygen atoms in total. The first-order valence-corrected chi connectivity index (χ1v) is 2.59. The van der Waals surface area contributed by atoms with Gasteiger partial charge in [-0.1, -0.05) is 18.2 Å². The fraction of sp³-hybridized carbons (Fsp3) is 0. The van der Waals surface area contributed by atoms with Crippen LogP contribution in [0.3, 0.4) is 0 Å². The molecule has 54 valence electrons. The molecule has 0 aliphatic rings. The van der Waals surface area contributed by atoms with Crippen LogP contribution >= 0.6 is 0 Å². The average Bonchev–Trinajstić information content (AvgIpc) is 1.91. The topological polar surface area (TPSA) is 54.6 Å². The second-order valence-electron chi connectivity index (χ2n) is 1.45. The lowest BCUT2D eigenvalue weighted by Gasteiger charge is -1.82. The molecule has 0 amide bonds. The summed E-state index contributed by atoms with van der Waals surface area (Å²) >= 11 is 0. The van der Waals surface area contributed by atoms with E-state index in [1.54, 1.807) is 24.3 Å². The normalized spacial score (nSPS) is 7.20. The second-order valence-corrected chi connectivity index (χ2v) is 1.45. The van der Waals surface area contributed by atoms with Gasteiger partial charge in [-0.05, 0) is 12.1 Å². The Morgan fingerprint density at radius 1 is 1.30 bits per heavy atom. The smallest absolute Gasteiger partial charge is 0.307 e. The van der Waals surface area contributed by atoms with Crippen molar-refractivity contribution in [3.05, 3.63) is 30.3 Å². The fourth-order valence-electron chi connectivity index (χ4n) is 0.428. The lowest BCUT2D eigenvalue weighted by molar-refractivity contribution is -1.04.